The Hall–Kier alpha value is -0.903. The van der Waals surface area contributed by atoms with Crippen LogP contribution in [0.3, 0.4) is 0 Å². The smallest absolute Gasteiger partial charge is 0.407 e. The average Bonchev–Trinajstić information content (AvgIpc) is 2.99. The highest BCUT2D eigenvalue weighted by Gasteiger charge is 2.42. The van der Waals surface area contributed by atoms with Crippen LogP contribution in [0.15, 0.2) is 10.7 Å². The van der Waals surface area contributed by atoms with E-state index in [0.29, 0.717) is 36.6 Å². The number of aliphatic hydroxyl groups is 1. The first-order valence-corrected chi connectivity index (χ1v) is 12.1. The SMILES string of the molecule is C[Si](C)(C)CCOCn1nc(C2(O)CCN(C(=O)O)C2)cc1Br. The third-order valence-corrected chi connectivity index (χ3v) is 6.28. The van der Waals surface area contributed by atoms with E-state index in [-0.39, 0.29) is 6.54 Å². The number of carbonyl (C=O) groups is 1. The van der Waals surface area contributed by atoms with Gasteiger partial charge in [0.25, 0.3) is 0 Å². The van der Waals surface area contributed by atoms with Crippen molar-refractivity contribution in [2.75, 3.05) is 19.7 Å². The van der Waals surface area contributed by atoms with Crippen LogP contribution in [-0.4, -0.2) is 58.8 Å². The summed E-state index contributed by atoms with van der Waals surface area (Å²) in [6.45, 7) is 8.23. The number of carboxylic acid groups (broad SMARTS) is 1. The van der Waals surface area contributed by atoms with Crippen LogP contribution in [0.4, 0.5) is 4.79 Å². The zero-order valence-electron chi connectivity index (χ0n) is 13.8. The van der Waals surface area contributed by atoms with Crippen molar-refractivity contribution < 1.29 is 19.7 Å². The number of ether oxygens (including phenoxy) is 1. The number of amides is 1. The van der Waals surface area contributed by atoms with Gasteiger partial charge in [-0.3, -0.25) is 0 Å². The van der Waals surface area contributed by atoms with Crippen molar-refractivity contribution in [1.82, 2.24) is 14.7 Å². The van der Waals surface area contributed by atoms with Gasteiger partial charge in [0, 0.05) is 27.6 Å². The van der Waals surface area contributed by atoms with Crippen LogP contribution in [0.5, 0.6) is 0 Å². The Morgan fingerprint density at radius 2 is 2.22 bits per heavy atom. The molecule has 0 saturated carbocycles. The summed E-state index contributed by atoms with van der Waals surface area (Å²) < 4.78 is 8.01. The molecule has 0 spiro atoms. The summed E-state index contributed by atoms with van der Waals surface area (Å²) in [6, 6.07) is 2.81. The van der Waals surface area contributed by atoms with Crippen molar-refractivity contribution in [2.45, 2.75) is 44.4 Å². The lowest BCUT2D eigenvalue weighted by Crippen LogP contribution is -2.34. The van der Waals surface area contributed by atoms with Gasteiger partial charge in [0.15, 0.2) is 0 Å². The fraction of sp³-hybridized carbons (Fsp3) is 0.714. The van der Waals surface area contributed by atoms with E-state index in [9.17, 15) is 9.90 Å². The summed E-state index contributed by atoms with van der Waals surface area (Å²) in [4.78, 5) is 12.2. The molecule has 0 aromatic carbocycles. The van der Waals surface area contributed by atoms with Gasteiger partial charge in [-0.05, 0) is 28.0 Å². The number of rotatable bonds is 6. The molecule has 2 rings (SSSR count). The molecule has 1 aliphatic rings. The topological polar surface area (TPSA) is 87.8 Å². The van der Waals surface area contributed by atoms with Gasteiger partial charge in [0.1, 0.15) is 16.9 Å². The molecule has 23 heavy (non-hydrogen) atoms. The second-order valence-electron chi connectivity index (χ2n) is 7.19. The maximum atomic E-state index is 11.0. The highest BCUT2D eigenvalue weighted by Crippen LogP contribution is 2.32. The lowest BCUT2D eigenvalue weighted by molar-refractivity contribution is 0.0377. The van der Waals surface area contributed by atoms with E-state index in [1.807, 2.05) is 0 Å². The number of likely N-dealkylation sites (tertiary alicyclic amines) is 1. The van der Waals surface area contributed by atoms with Crippen LogP contribution in [0.2, 0.25) is 25.7 Å². The molecule has 9 heteroatoms. The Kier molecular flexibility index (Phi) is 5.54. The Morgan fingerprint density at radius 3 is 2.78 bits per heavy atom. The van der Waals surface area contributed by atoms with E-state index in [4.69, 9.17) is 9.84 Å². The van der Waals surface area contributed by atoms with Gasteiger partial charge in [-0.1, -0.05) is 19.6 Å². The second kappa shape index (κ2) is 6.92. The fourth-order valence-electron chi connectivity index (χ4n) is 2.41. The summed E-state index contributed by atoms with van der Waals surface area (Å²) in [7, 11) is -1.12. The highest BCUT2D eigenvalue weighted by molar-refractivity contribution is 9.10. The van der Waals surface area contributed by atoms with Gasteiger partial charge < -0.3 is 19.8 Å². The minimum atomic E-state index is -1.23. The lowest BCUT2D eigenvalue weighted by Gasteiger charge is -2.20. The molecule has 1 aromatic rings. The van der Waals surface area contributed by atoms with Crippen molar-refractivity contribution in [3.8, 4) is 0 Å². The third kappa shape index (κ3) is 4.79. The molecule has 1 saturated heterocycles. The first-order valence-electron chi connectivity index (χ1n) is 7.63. The molecule has 1 fully saturated rings. The van der Waals surface area contributed by atoms with Crippen molar-refractivity contribution in [3.63, 3.8) is 0 Å². The van der Waals surface area contributed by atoms with Crippen molar-refractivity contribution in [3.05, 3.63) is 16.4 Å². The molecular formula is C14H24BrN3O4Si. The molecule has 0 radical (unpaired) electrons. The number of hydrogen-bond donors (Lipinski definition) is 2. The molecule has 2 heterocycles. The maximum absolute atomic E-state index is 11.0. The van der Waals surface area contributed by atoms with E-state index >= 15 is 0 Å². The number of β-amino-alcohol motifs (C(OH)–C–C–N with tert-alkyl or cyclic N) is 1. The van der Waals surface area contributed by atoms with E-state index in [1.165, 1.54) is 4.90 Å². The summed E-state index contributed by atoms with van der Waals surface area (Å²) in [5.41, 5.74) is -0.758. The molecule has 2 N–H and O–H groups in total. The van der Waals surface area contributed by atoms with Gasteiger partial charge in [0.2, 0.25) is 0 Å². The molecule has 7 nitrogen and oxygen atoms in total. The first-order chi connectivity index (χ1) is 10.6. The quantitative estimate of drug-likeness (QED) is 0.560. The molecule has 0 bridgehead atoms. The Balaban J connectivity index is 1.97. The van der Waals surface area contributed by atoms with Crippen LogP contribution >= 0.6 is 15.9 Å². The number of nitrogens with zero attached hydrogens (tertiary/aromatic N) is 3. The Bertz CT molecular complexity index is 575. The van der Waals surface area contributed by atoms with Crippen LogP contribution in [0.25, 0.3) is 0 Å². The predicted octanol–water partition coefficient (Wildman–Crippen LogP) is 2.53. The van der Waals surface area contributed by atoms with E-state index in [2.05, 4.69) is 40.7 Å². The van der Waals surface area contributed by atoms with Crippen LogP contribution in [-0.2, 0) is 17.1 Å². The fourth-order valence-corrected chi connectivity index (χ4v) is 3.56. The molecular weight excluding hydrogens is 382 g/mol. The molecule has 1 aliphatic heterocycles. The summed E-state index contributed by atoms with van der Waals surface area (Å²) in [6.07, 6.45) is -0.673. The average molecular weight is 406 g/mol. The van der Waals surface area contributed by atoms with Crippen molar-refractivity contribution >= 4 is 30.1 Å². The maximum Gasteiger partial charge on any atom is 0.407 e. The summed E-state index contributed by atoms with van der Waals surface area (Å²) >= 11 is 3.41. The summed E-state index contributed by atoms with van der Waals surface area (Å²) in [5, 5.41) is 24.1. The minimum absolute atomic E-state index is 0.0439. The molecule has 0 aliphatic carbocycles. The van der Waals surface area contributed by atoms with Gasteiger partial charge in [-0.2, -0.15) is 5.10 Å². The molecule has 1 atom stereocenters. The number of halogens is 1. The first kappa shape index (κ1) is 18.4. The van der Waals surface area contributed by atoms with E-state index < -0.39 is 19.8 Å². The lowest BCUT2D eigenvalue weighted by atomic mass is 9.99. The second-order valence-corrected chi connectivity index (χ2v) is 13.6. The monoisotopic (exact) mass is 405 g/mol. The Morgan fingerprint density at radius 1 is 1.52 bits per heavy atom. The van der Waals surface area contributed by atoms with Crippen LogP contribution in [0.1, 0.15) is 12.1 Å². The Labute approximate surface area is 145 Å². The zero-order valence-corrected chi connectivity index (χ0v) is 16.3. The number of hydrogen-bond acceptors (Lipinski definition) is 4. The zero-order chi connectivity index (χ0) is 17.3. The largest absolute Gasteiger partial charge is 0.465 e. The molecule has 1 aromatic heterocycles. The van der Waals surface area contributed by atoms with Crippen molar-refractivity contribution in [2.24, 2.45) is 0 Å². The highest BCUT2D eigenvalue weighted by atomic mass is 79.9. The molecule has 1 unspecified atom stereocenters. The molecule has 1 amide bonds. The van der Waals surface area contributed by atoms with Crippen LogP contribution < -0.4 is 0 Å². The summed E-state index contributed by atoms with van der Waals surface area (Å²) in [5.74, 6) is 0. The number of aromatic nitrogens is 2. The van der Waals surface area contributed by atoms with Gasteiger partial charge in [-0.25, -0.2) is 9.48 Å². The van der Waals surface area contributed by atoms with Crippen molar-refractivity contribution in [1.29, 1.82) is 0 Å². The van der Waals surface area contributed by atoms with Gasteiger partial charge >= 0.3 is 6.09 Å². The van der Waals surface area contributed by atoms with Gasteiger partial charge in [0.05, 0.1) is 12.2 Å². The molecule has 130 valence electrons. The van der Waals surface area contributed by atoms with E-state index in [1.54, 1.807) is 10.7 Å². The minimum Gasteiger partial charge on any atom is -0.465 e. The standard InChI is InChI=1S/C14H24BrN3O4Si/c1-23(2,3)7-6-22-10-18-12(15)8-11(16-18)14(21)4-5-17(9-14)13(19)20/h8,21H,4-7,9-10H2,1-3H3,(H,19,20). The third-order valence-electron chi connectivity index (χ3n) is 3.94. The van der Waals surface area contributed by atoms with E-state index in [0.717, 1.165) is 6.04 Å². The predicted molar refractivity (Wildman–Crippen MR) is 92.1 cm³/mol. The van der Waals surface area contributed by atoms with Crippen LogP contribution in [0, 0.1) is 0 Å². The normalized spacial score (nSPS) is 21.9. The van der Waals surface area contributed by atoms with Gasteiger partial charge in [-0.15, -0.1) is 0 Å².